The molecule has 1 aromatic heterocycles. The molecular formula is C27H26ClFN2O7. The van der Waals surface area contributed by atoms with Crippen LogP contribution in [0.3, 0.4) is 0 Å². The number of amides is 1. The number of nitrogens with one attached hydrogen (secondary N) is 1. The summed E-state index contributed by atoms with van der Waals surface area (Å²) in [7, 11) is 2.93. The summed E-state index contributed by atoms with van der Waals surface area (Å²) < 4.78 is 35.6. The van der Waals surface area contributed by atoms with E-state index in [1.807, 2.05) is 0 Å². The Labute approximate surface area is 223 Å². The second kappa shape index (κ2) is 11.7. The Morgan fingerprint density at radius 2 is 1.89 bits per heavy atom. The first kappa shape index (κ1) is 27.2. The van der Waals surface area contributed by atoms with Crippen molar-refractivity contribution in [1.29, 1.82) is 0 Å². The monoisotopic (exact) mass is 544 g/mol. The van der Waals surface area contributed by atoms with Crippen LogP contribution >= 0.6 is 11.6 Å². The van der Waals surface area contributed by atoms with Gasteiger partial charge in [0.1, 0.15) is 23.9 Å². The first-order chi connectivity index (χ1) is 18.3. The molecule has 9 nitrogen and oxygen atoms in total. The fraction of sp³-hybridized carbons (Fsp3) is 0.296. The number of nitrogens with zero attached hydrogens (tertiary/aromatic N) is 1. The van der Waals surface area contributed by atoms with E-state index in [1.54, 1.807) is 30.3 Å². The highest BCUT2D eigenvalue weighted by Crippen LogP contribution is 2.38. The number of hydrogen-bond donors (Lipinski definition) is 2. The lowest BCUT2D eigenvalue weighted by Crippen LogP contribution is -2.32. The number of cyclic esters (lactones) is 1. The molecular weight excluding hydrogens is 519 g/mol. The maximum Gasteiger partial charge on any atom is 0.408 e. The van der Waals surface area contributed by atoms with Crippen molar-refractivity contribution in [1.82, 2.24) is 10.3 Å². The van der Waals surface area contributed by atoms with Gasteiger partial charge in [-0.3, -0.25) is 4.79 Å². The molecule has 1 saturated heterocycles. The molecule has 2 heterocycles. The second-order valence-corrected chi connectivity index (χ2v) is 8.88. The van der Waals surface area contributed by atoms with Crippen molar-refractivity contribution >= 4 is 23.5 Å². The number of halogens is 2. The fourth-order valence-corrected chi connectivity index (χ4v) is 4.35. The number of methoxy groups -OCH3 is 2. The molecule has 0 aliphatic carbocycles. The number of carbonyl (C=O) groups excluding carboxylic acids is 2. The van der Waals surface area contributed by atoms with E-state index in [0.717, 1.165) is 0 Å². The van der Waals surface area contributed by atoms with Crippen molar-refractivity contribution < 1.29 is 38.0 Å². The van der Waals surface area contributed by atoms with E-state index in [2.05, 4.69) is 5.32 Å². The highest BCUT2D eigenvalue weighted by Gasteiger charge is 2.44. The molecule has 2 N–H and O–H groups in total. The number of pyridine rings is 1. The van der Waals surface area contributed by atoms with Crippen molar-refractivity contribution in [3.8, 4) is 28.5 Å². The van der Waals surface area contributed by atoms with Crippen molar-refractivity contribution in [2.24, 2.45) is 0 Å². The highest BCUT2D eigenvalue weighted by atomic mass is 35.5. The van der Waals surface area contributed by atoms with Gasteiger partial charge in [-0.1, -0.05) is 11.6 Å². The highest BCUT2D eigenvalue weighted by molar-refractivity contribution is 6.31. The molecule has 38 heavy (non-hydrogen) atoms. The average molecular weight is 545 g/mol. The summed E-state index contributed by atoms with van der Waals surface area (Å²) in [4.78, 5) is 30.0. The van der Waals surface area contributed by atoms with Crippen LogP contribution in [0.2, 0.25) is 5.02 Å². The summed E-state index contributed by atoms with van der Waals surface area (Å²) in [5.74, 6) is 0.389. The van der Waals surface area contributed by atoms with E-state index in [4.69, 9.17) is 40.6 Å². The lowest BCUT2D eigenvalue weighted by Gasteiger charge is -2.26. The van der Waals surface area contributed by atoms with E-state index in [-0.39, 0.29) is 43.4 Å². The van der Waals surface area contributed by atoms with Crippen LogP contribution in [0.1, 0.15) is 28.9 Å². The van der Waals surface area contributed by atoms with Crippen molar-refractivity contribution in [2.45, 2.75) is 18.4 Å². The first-order valence-electron chi connectivity index (χ1n) is 11.7. The zero-order chi connectivity index (χ0) is 27.3. The molecule has 1 aliphatic heterocycles. The molecule has 1 fully saturated rings. The normalized spacial score (nSPS) is 16.5. The molecule has 3 aromatic rings. The van der Waals surface area contributed by atoms with Gasteiger partial charge < -0.3 is 29.4 Å². The molecule has 200 valence electrons. The number of aromatic nitrogens is 1. The largest absolute Gasteiger partial charge is 0.494 e. The van der Waals surface area contributed by atoms with E-state index >= 15 is 0 Å². The number of ether oxygens (including phenoxy) is 4. The van der Waals surface area contributed by atoms with Crippen LogP contribution in [-0.4, -0.2) is 55.9 Å². The van der Waals surface area contributed by atoms with Gasteiger partial charge in [-0.25, -0.2) is 14.2 Å². The second-order valence-electron chi connectivity index (χ2n) is 8.47. The summed E-state index contributed by atoms with van der Waals surface area (Å²) in [5, 5.41) is 11.6. The van der Waals surface area contributed by atoms with Gasteiger partial charge in [0.15, 0.2) is 22.9 Å². The van der Waals surface area contributed by atoms with E-state index in [0.29, 0.717) is 39.8 Å². The van der Waals surface area contributed by atoms with Crippen molar-refractivity contribution in [3.05, 3.63) is 70.6 Å². The average Bonchev–Trinajstić information content (AvgIpc) is 3.33. The van der Waals surface area contributed by atoms with Gasteiger partial charge in [-0.2, -0.15) is 0 Å². The van der Waals surface area contributed by atoms with Gasteiger partial charge in [-0.05, 0) is 48.5 Å². The molecule has 0 spiro atoms. The van der Waals surface area contributed by atoms with Gasteiger partial charge in [-0.15, -0.1) is 0 Å². The Kier molecular flexibility index (Phi) is 8.33. The quantitative estimate of drug-likeness (QED) is 0.338. The lowest BCUT2D eigenvalue weighted by atomic mass is 9.90. The van der Waals surface area contributed by atoms with Crippen LogP contribution in [0.15, 0.2) is 48.5 Å². The van der Waals surface area contributed by atoms with Crippen LogP contribution in [0.25, 0.3) is 11.3 Å². The van der Waals surface area contributed by atoms with Gasteiger partial charge in [0.2, 0.25) is 0 Å². The number of benzene rings is 2. The molecule has 1 unspecified atom stereocenters. The van der Waals surface area contributed by atoms with Gasteiger partial charge in [0, 0.05) is 24.0 Å². The SMILES string of the molecule is COc1cc(C(=O)CCC2(c3ccc(OC)c(-c4ccc(F)c(Cl)c4)n3)CNC(=O)O2)ccc1OCCO. The third-order valence-corrected chi connectivity index (χ3v) is 6.42. The molecule has 0 saturated carbocycles. The number of aliphatic hydroxyl groups is 1. The number of hydrogen-bond acceptors (Lipinski definition) is 8. The molecule has 11 heteroatoms. The Bertz CT molecular complexity index is 1350. The minimum absolute atomic E-state index is 0.0282. The Balaban J connectivity index is 1.62. The molecule has 1 aliphatic rings. The van der Waals surface area contributed by atoms with E-state index in [9.17, 15) is 14.0 Å². The number of Topliss-reactive ketones (excluding diaryl/α,β-unsaturated/α-hetero) is 1. The summed E-state index contributed by atoms with van der Waals surface area (Å²) >= 11 is 5.98. The minimum Gasteiger partial charge on any atom is -0.494 e. The fourth-order valence-electron chi connectivity index (χ4n) is 4.17. The van der Waals surface area contributed by atoms with Crippen LogP contribution in [-0.2, 0) is 10.3 Å². The zero-order valence-electron chi connectivity index (χ0n) is 20.8. The molecule has 1 atom stereocenters. The Morgan fingerprint density at radius 3 is 2.55 bits per heavy atom. The molecule has 4 rings (SSSR count). The predicted octanol–water partition coefficient (Wildman–Crippen LogP) is 4.53. The number of aliphatic hydroxyl groups excluding tert-OH is 1. The van der Waals surface area contributed by atoms with Crippen LogP contribution in [0.5, 0.6) is 17.2 Å². The number of rotatable bonds is 11. The molecule has 0 radical (unpaired) electrons. The van der Waals surface area contributed by atoms with E-state index < -0.39 is 17.5 Å². The van der Waals surface area contributed by atoms with E-state index in [1.165, 1.54) is 32.4 Å². The van der Waals surface area contributed by atoms with Crippen LogP contribution < -0.4 is 19.5 Å². The topological polar surface area (TPSA) is 116 Å². The molecule has 1 amide bonds. The van der Waals surface area contributed by atoms with Crippen molar-refractivity contribution in [3.63, 3.8) is 0 Å². The first-order valence-corrected chi connectivity index (χ1v) is 12.1. The third kappa shape index (κ3) is 5.66. The maximum absolute atomic E-state index is 13.8. The predicted molar refractivity (Wildman–Crippen MR) is 136 cm³/mol. The third-order valence-electron chi connectivity index (χ3n) is 6.13. The zero-order valence-corrected chi connectivity index (χ0v) is 21.5. The van der Waals surface area contributed by atoms with Gasteiger partial charge in [0.05, 0.1) is 38.1 Å². The standard InChI is InChI=1S/C27H26ClFN2O7/c1-35-22-7-8-24(31-25(22)17-3-5-19(29)18(28)13-17)27(15-30-26(34)38-27)10-9-20(33)16-4-6-21(37-12-11-32)23(14-16)36-2/h3-8,13-14,32H,9-12,15H2,1-2H3,(H,30,34). The summed E-state index contributed by atoms with van der Waals surface area (Å²) in [6, 6.07) is 12.3. The maximum atomic E-state index is 13.8. The Morgan fingerprint density at radius 1 is 1.13 bits per heavy atom. The van der Waals surface area contributed by atoms with Crippen molar-refractivity contribution in [2.75, 3.05) is 34.0 Å². The van der Waals surface area contributed by atoms with Crippen LogP contribution in [0, 0.1) is 5.82 Å². The van der Waals surface area contributed by atoms with Crippen LogP contribution in [0.4, 0.5) is 9.18 Å². The number of carbonyl (C=O) groups is 2. The molecule has 0 bridgehead atoms. The number of alkyl carbamates (subject to hydrolysis) is 1. The smallest absolute Gasteiger partial charge is 0.408 e. The summed E-state index contributed by atoms with van der Waals surface area (Å²) in [5.41, 5.74) is 0.435. The van der Waals surface area contributed by atoms with Gasteiger partial charge in [0.25, 0.3) is 0 Å². The molecule has 2 aromatic carbocycles. The summed E-state index contributed by atoms with van der Waals surface area (Å²) in [6.07, 6.45) is -0.465. The Hall–Kier alpha value is -3.89. The minimum atomic E-state index is -1.23. The lowest BCUT2D eigenvalue weighted by molar-refractivity contribution is 0.0403. The summed E-state index contributed by atoms with van der Waals surface area (Å²) in [6.45, 7) is 0.0266. The van der Waals surface area contributed by atoms with Gasteiger partial charge >= 0.3 is 6.09 Å². The number of ketones is 1.